The van der Waals surface area contributed by atoms with Crippen LogP contribution in [0, 0.1) is 5.92 Å². The molecule has 1 fully saturated rings. The minimum absolute atomic E-state index is 0.0115. The van der Waals surface area contributed by atoms with Crippen LogP contribution >= 0.6 is 0 Å². The van der Waals surface area contributed by atoms with Gasteiger partial charge in [-0.3, -0.25) is 9.59 Å². The Kier molecular flexibility index (Phi) is 9.76. The van der Waals surface area contributed by atoms with Crippen molar-refractivity contribution < 1.29 is 9.59 Å². The molecule has 0 unspecified atom stereocenters. The van der Waals surface area contributed by atoms with Crippen LogP contribution in [0.1, 0.15) is 49.7 Å². The van der Waals surface area contributed by atoms with Gasteiger partial charge in [-0.2, -0.15) is 0 Å². The fourth-order valence-electron chi connectivity index (χ4n) is 4.52. The van der Waals surface area contributed by atoms with Crippen LogP contribution < -0.4 is 11.1 Å². The molecular weight excluding hydrogens is 398 g/mol. The zero-order valence-electron chi connectivity index (χ0n) is 19.0. The molecule has 2 aromatic carbocycles. The molecule has 1 saturated heterocycles. The molecule has 0 saturated carbocycles. The second-order valence-electron chi connectivity index (χ2n) is 8.82. The largest absolute Gasteiger partial charge is 0.353 e. The van der Waals surface area contributed by atoms with E-state index in [0.717, 1.165) is 51.4 Å². The highest BCUT2D eigenvalue weighted by Crippen LogP contribution is 2.19. The SMILES string of the molecule is NCC(=O)N1CCC(C(=O)NC(CCCc2ccccc2)CCCc2ccccc2)CC1. The van der Waals surface area contributed by atoms with Gasteiger partial charge in [-0.25, -0.2) is 0 Å². The predicted molar refractivity (Wildman–Crippen MR) is 129 cm³/mol. The Hall–Kier alpha value is -2.66. The number of aryl methyl sites for hydroxylation is 2. The minimum Gasteiger partial charge on any atom is -0.353 e. The molecule has 0 atom stereocenters. The van der Waals surface area contributed by atoms with Gasteiger partial charge in [0.25, 0.3) is 0 Å². The lowest BCUT2D eigenvalue weighted by Gasteiger charge is -2.32. The molecule has 0 aliphatic carbocycles. The van der Waals surface area contributed by atoms with E-state index in [9.17, 15) is 9.59 Å². The molecule has 0 bridgehead atoms. The molecule has 0 radical (unpaired) electrons. The highest BCUT2D eigenvalue weighted by molar-refractivity contribution is 5.80. The standard InChI is InChI=1S/C27H37N3O2/c28-21-26(31)30-19-17-24(18-20-30)27(32)29-25(15-7-13-22-9-3-1-4-10-22)16-8-14-23-11-5-2-6-12-23/h1-6,9-12,24-25H,7-8,13-21,28H2,(H,29,32). The van der Waals surface area contributed by atoms with Crippen molar-refractivity contribution in [3.63, 3.8) is 0 Å². The van der Waals surface area contributed by atoms with Crippen LogP contribution in [0.25, 0.3) is 0 Å². The Bertz CT molecular complexity index is 772. The average Bonchev–Trinajstić information content (AvgIpc) is 2.84. The van der Waals surface area contributed by atoms with Crippen LogP contribution in [0.15, 0.2) is 60.7 Å². The summed E-state index contributed by atoms with van der Waals surface area (Å²) in [4.78, 5) is 26.6. The van der Waals surface area contributed by atoms with E-state index in [-0.39, 0.29) is 30.3 Å². The fourth-order valence-corrected chi connectivity index (χ4v) is 4.52. The lowest BCUT2D eigenvalue weighted by atomic mass is 9.94. The molecule has 5 nitrogen and oxygen atoms in total. The summed E-state index contributed by atoms with van der Waals surface area (Å²) in [7, 11) is 0. The van der Waals surface area contributed by atoms with E-state index in [0.29, 0.717) is 13.1 Å². The van der Waals surface area contributed by atoms with Gasteiger partial charge >= 0.3 is 0 Å². The lowest BCUT2D eigenvalue weighted by molar-refractivity contribution is -0.134. The number of nitrogens with zero attached hydrogens (tertiary/aromatic N) is 1. The first-order chi connectivity index (χ1) is 15.7. The Morgan fingerprint density at radius 3 is 1.84 bits per heavy atom. The highest BCUT2D eigenvalue weighted by atomic mass is 16.2. The number of rotatable bonds is 11. The number of likely N-dealkylation sites (tertiary alicyclic amines) is 1. The zero-order valence-corrected chi connectivity index (χ0v) is 19.0. The highest BCUT2D eigenvalue weighted by Gasteiger charge is 2.27. The van der Waals surface area contributed by atoms with Crippen molar-refractivity contribution in [3.8, 4) is 0 Å². The first kappa shape index (κ1) is 24.0. The second-order valence-corrected chi connectivity index (χ2v) is 8.82. The van der Waals surface area contributed by atoms with Crippen molar-refractivity contribution in [2.24, 2.45) is 11.7 Å². The van der Waals surface area contributed by atoms with Crippen molar-refractivity contribution in [2.75, 3.05) is 19.6 Å². The molecule has 2 amide bonds. The molecule has 3 N–H and O–H groups in total. The number of amides is 2. The summed E-state index contributed by atoms with van der Waals surface area (Å²) in [6.07, 6.45) is 7.60. The third-order valence-corrected chi connectivity index (χ3v) is 6.46. The zero-order chi connectivity index (χ0) is 22.6. The lowest BCUT2D eigenvalue weighted by Crippen LogP contribution is -2.46. The van der Waals surface area contributed by atoms with Gasteiger partial charge in [0.1, 0.15) is 0 Å². The van der Waals surface area contributed by atoms with Gasteiger partial charge in [-0.1, -0.05) is 60.7 Å². The molecule has 32 heavy (non-hydrogen) atoms. The van der Waals surface area contributed by atoms with Crippen LogP contribution in [0.2, 0.25) is 0 Å². The van der Waals surface area contributed by atoms with Gasteiger partial charge in [0.15, 0.2) is 0 Å². The third-order valence-electron chi connectivity index (χ3n) is 6.46. The molecule has 2 aromatic rings. The summed E-state index contributed by atoms with van der Waals surface area (Å²) in [5.41, 5.74) is 8.16. The summed E-state index contributed by atoms with van der Waals surface area (Å²) < 4.78 is 0. The number of hydrogen-bond donors (Lipinski definition) is 2. The summed E-state index contributed by atoms with van der Waals surface area (Å²) in [5.74, 6) is 0.111. The van der Waals surface area contributed by atoms with E-state index in [1.54, 1.807) is 4.90 Å². The van der Waals surface area contributed by atoms with E-state index >= 15 is 0 Å². The summed E-state index contributed by atoms with van der Waals surface area (Å²) in [6.45, 7) is 1.30. The summed E-state index contributed by atoms with van der Waals surface area (Å²) in [6, 6.07) is 21.3. The van der Waals surface area contributed by atoms with E-state index in [2.05, 4.69) is 53.8 Å². The number of nitrogens with one attached hydrogen (secondary N) is 1. The second kappa shape index (κ2) is 13.0. The Balaban J connectivity index is 1.49. The number of carbonyl (C=O) groups excluding carboxylic acids is 2. The van der Waals surface area contributed by atoms with Crippen molar-refractivity contribution in [2.45, 2.75) is 57.4 Å². The summed E-state index contributed by atoms with van der Waals surface area (Å²) in [5, 5.41) is 3.35. The number of benzene rings is 2. The fraction of sp³-hybridized carbons (Fsp3) is 0.481. The van der Waals surface area contributed by atoms with Gasteiger partial charge < -0.3 is 16.0 Å². The molecule has 0 aromatic heterocycles. The molecule has 1 aliphatic rings. The molecule has 0 spiro atoms. The van der Waals surface area contributed by atoms with Crippen molar-refractivity contribution in [1.82, 2.24) is 10.2 Å². The predicted octanol–water partition coefficient (Wildman–Crippen LogP) is 3.71. The van der Waals surface area contributed by atoms with Gasteiger partial charge in [-0.15, -0.1) is 0 Å². The number of piperidine rings is 1. The Labute approximate surface area is 192 Å². The van der Waals surface area contributed by atoms with Gasteiger partial charge in [0, 0.05) is 25.0 Å². The smallest absolute Gasteiger partial charge is 0.236 e. The molecule has 1 aliphatic heterocycles. The average molecular weight is 436 g/mol. The van der Waals surface area contributed by atoms with Crippen LogP contribution in [0.5, 0.6) is 0 Å². The number of nitrogens with two attached hydrogens (primary N) is 1. The maximum atomic E-state index is 13.0. The van der Waals surface area contributed by atoms with Crippen molar-refractivity contribution >= 4 is 11.8 Å². The molecule has 3 rings (SSSR count). The topological polar surface area (TPSA) is 75.4 Å². The van der Waals surface area contributed by atoms with Crippen molar-refractivity contribution in [3.05, 3.63) is 71.8 Å². The third kappa shape index (κ3) is 7.79. The number of hydrogen-bond acceptors (Lipinski definition) is 3. The van der Waals surface area contributed by atoms with Crippen LogP contribution in [-0.4, -0.2) is 42.4 Å². The van der Waals surface area contributed by atoms with E-state index in [4.69, 9.17) is 5.73 Å². The first-order valence-corrected chi connectivity index (χ1v) is 12.0. The van der Waals surface area contributed by atoms with Crippen LogP contribution in [0.4, 0.5) is 0 Å². The van der Waals surface area contributed by atoms with Crippen molar-refractivity contribution in [1.29, 1.82) is 0 Å². The van der Waals surface area contributed by atoms with E-state index in [1.807, 2.05) is 12.1 Å². The van der Waals surface area contributed by atoms with E-state index < -0.39 is 0 Å². The normalized spacial score (nSPS) is 14.5. The first-order valence-electron chi connectivity index (χ1n) is 12.0. The Morgan fingerprint density at radius 2 is 1.38 bits per heavy atom. The van der Waals surface area contributed by atoms with Crippen LogP contribution in [0.3, 0.4) is 0 Å². The molecular formula is C27H37N3O2. The number of carbonyl (C=O) groups is 2. The van der Waals surface area contributed by atoms with Gasteiger partial charge in [0.2, 0.25) is 11.8 Å². The molecule has 5 heteroatoms. The van der Waals surface area contributed by atoms with E-state index in [1.165, 1.54) is 11.1 Å². The summed E-state index contributed by atoms with van der Waals surface area (Å²) >= 11 is 0. The van der Waals surface area contributed by atoms with Crippen LogP contribution in [-0.2, 0) is 22.4 Å². The quantitative estimate of drug-likeness (QED) is 0.565. The van der Waals surface area contributed by atoms with Gasteiger partial charge in [-0.05, 0) is 62.5 Å². The van der Waals surface area contributed by atoms with Gasteiger partial charge in [0.05, 0.1) is 6.54 Å². The molecule has 172 valence electrons. The minimum atomic E-state index is -0.0245. The Morgan fingerprint density at radius 1 is 0.875 bits per heavy atom. The molecule has 1 heterocycles. The maximum absolute atomic E-state index is 13.0. The maximum Gasteiger partial charge on any atom is 0.236 e. The monoisotopic (exact) mass is 435 g/mol.